The minimum Gasteiger partial charge on any atom is -0.417 e. The van der Waals surface area contributed by atoms with Crippen LogP contribution in [0, 0.1) is 0 Å². The Morgan fingerprint density at radius 1 is 1.31 bits per heavy atom. The molecule has 0 saturated heterocycles. The van der Waals surface area contributed by atoms with Crippen molar-refractivity contribution in [2.75, 3.05) is 6.61 Å². The largest absolute Gasteiger partial charge is 0.417 e. The predicted molar refractivity (Wildman–Crippen MR) is 57.2 cm³/mol. The van der Waals surface area contributed by atoms with Crippen molar-refractivity contribution in [3.63, 3.8) is 0 Å². The van der Waals surface area contributed by atoms with Crippen LogP contribution in [0.4, 0.5) is 0 Å². The van der Waals surface area contributed by atoms with Crippen LogP contribution < -0.4 is 0 Å². The Bertz CT molecular complexity index is 243. The molecule has 2 nitrogen and oxygen atoms in total. The summed E-state index contributed by atoms with van der Waals surface area (Å²) in [6.07, 6.45) is 2.75. The highest BCUT2D eigenvalue weighted by Gasteiger charge is 2.13. The maximum Gasteiger partial charge on any atom is 0.183 e. The zero-order valence-corrected chi connectivity index (χ0v) is 9.58. The average Bonchev–Trinajstić information content (AvgIpc) is 2.04. The van der Waals surface area contributed by atoms with Gasteiger partial charge in [0.2, 0.25) is 0 Å². The van der Waals surface area contributed by atoms with E-state index in [0.717, 1.165) is 18.7 Å². The van der Waals surface area contributed by atoms with Gasteiger partial charge in [0, 0.05) is 24.9 Å². The molecule has 0 amide bonds. The van der Waals surface area contributed by atoms with Crippen LogP contribution in [0.3, 0.4) is 0 Å². The lowest BCUT2D eigenvalue weighted by Crippen LogP contribution is -2.26. The summed E-state index contributed by atoms with van der Waals surface area (Å²) in [6.45, 7) is 7.40. The number of hydrogen-bond acceptors (Lipinski definition) is 2. The smallest absolute Gasteiger partial charge is 0.183 e. The summed E-state index contributed by atoms with van der Waals surface area (Å²) in [5, 5.41) is 0. The third kappa shape index (κ3) is 4.80. The highest BCUT2D eigenvalue weighted by molar-refractivity contribution is 6.69. The van der Waals surface area contributed by atoms with Gasteiger partial charge in [-0.05, 0) is 31.8 Å². The fourth-order valence-corrected chi connectivity index (χ4v) is 1.72. The molecule has 0 N–H and O–H groups in total. The van der Waals surface area contributed by atoms with Crippen LogP contribution in [0.15, 0.2) is 24.4 Å². The molecule has 1 aromatic rings. The van der Waals surface area contributed by atoms with Crippen LogP contribution in [0.1, 0.15) is 5.69 Å². The third-order valence-electron chi connectivity index (χ3n) is 1.62. The fourth-order valence-electron chi connectivity index (χ4n) is 1.01. The second-order valence-corrected chi connectivity index (χ2v) is 8.55. The Morgan fingerprint density at radius 3 is 2.62 bits per heavy atom. The van der Waals surface area contributed by atoms with Crippen molar-refractivity contribution in [1.82, 2.24) is 4.98 Å². The summed E-state index contributed by atoms with van der Waals surface area (Å²) < 4.78 is 5.73. The quantitative estimate of drug-likeness (QED) is 0.689. The van der Waals surface area contributed by atoms with Crippen molar-refractivity contribution in [2.45, 2.75) is 26.1 Å². The molecule has 0 aliphatic rings. The maximum absolute atomic E-state index is 5.73. The van der Waals surface area contributed by atoms with E-state index in [9.17, 15) is 0 Å². The standard InChI is InChI=1S/C10H17NOSi/c1-13(2,3)12-9-7-10-6-4-5-8-11-10/h4-6,8H,7,9H2,1-3H3. The van der Waals surface area contributed by atoms with Gasteiger partial charge in [0.25, 0.3) is 0 Å². The molecular weight excluding hydrogens is 178 g/mol. The molecule has 0 unspecified atom stereocenters. The number of nitrogens with zero attached hydrogens (tertiary/aromatic N) is 1. The molecule has 72 valence electrons. The van der Waals surface area contributed by atoms with E-state index in [-0.39, 0.29) is 0 Å². The van der Waals surface area contributed by atoms with E-state index < -0.39 is 8.32 Å². The van der Waals surface area contributed by atoms with Crippen molar-refractivity contribution in [3.8, 4) is 0 Å². The maximum atomic E-state index is 5.73. The van der Waals surface area contributed by atoms with Gasteiger partial charge in [-0.2, -0.15) is 0 Å². The van der Waals surface area contributed by atoms with Crippen LogP contribution in [0.25, 0.3) is 0 Å². The first-order chi connectivity index (χ1) is 6.08. The normalized spacial score (nSPS) is 11.6. The van der Waals surface area contributed by atoms with Crippen molar-refractivity contribution in [2.24, 2.45) is 0 Å². The average molecular weight is 195 g/mol. The van der Waals surface area contributed by atoms with Gasteiger partial charge in [0.1, 0.15) is 0 Å². The van der Waals surface area contributed by atoms with Crippen molar-refractivity contribution >= 4 is 8.32 Å². The van der Waals surface area contributed by atoms with E-state index in [2.05, 4.69) is 24.6 Å². The first-order valence-electron chi connectivity index (χ1n) is 4.62. The zero-order chi connectivity index (χ0) is 9.73. The van der Waals surface area contributed by atoms with Crippen LogP contribution in [0.2, 0.25) is 19.6 Å². The van der Waals surface area contributed by atoms with Crippen LogP contribution in [0.5, 0.6) is 0 Å². The molecular formula is C10H17NOSi. The second-order valence-electron chi connectivity index (χ2n) is 4.03. The lowest BCUT2D eigenvalue weighted by Gasteiger charge is -2.16. The Morgan fingerprint density at radius 2 is 2.08 bits per heavy atom. The lowest BCUT2D eigenvalue weighted by molar-refractivity contribution is 0.314. The summed E-state index contributed by atoms with van der Waals surface area (Å²) >= 11 is 0. The molecule has 1 heterocycles. The van der Waals surface area contributed by atoms with E-state index in [1.165, 1.54) is 0 Å². The Balaban J connectivity index is 2.29. The van der Waals surface area contributed by atoms with Crippen LogP contribution >= 0.6 is 0 Å². The molecule has 0 atom stereocenters. The molecule has 0 fully saturated rings. The summed E-state index contributed by atoms with van der Waals surface area (Å²) in [5.74, 6) is 0. The van der Waals surface area contributed by atoms with Crippen molar-refractivity contribution in [3.05, 3.63) is 30.1 Å². The van der Waals surface area contributed by atoms with E-state index >= 15 is 0 Å². The predicted octanol–water partition coefficient (Wildman–Crippen LogP) is 2.48. The SMILES string of the molecule is C[Si](C)(C)OCCc1ccccn1. The van der Waals surface area contributed by atoms with Crippen molar-refractivity contribution in [1.29, 1.82) is 0 Å². The Kier molecular flexibility index (Phi) is 3.63. The first kappa shape index (κ1) is 10.4. The van der Waals surface area contributed by atoms with Gasteiger partial charge in [-0.3, -0.25) is 4.98 Å². The zero-order valence-electron chi connectivity index (χ0n) is 8.58. The molecule has 0 aliphatic carbocycles. The highest BCUT2D eigenvalue weighted by Crippen LogP contribution is 2.03. The number of rotatable bonds is 4. The molecule has 0 aromatic carbocycles. The van der Waals surface area contributed by atoms with Gasteiger partial charge in [0.15, 0.2) is 8.32 Å². The van der Waals surface area contributed by atoms with Crippen LogP contribution in [-0.2, 0) is 10.8 Å². The molecule has 0 bridgehead atoms. The van der Waals surface area contributed by atoms with Gasteiger partial charge >= 0.3 is 0 Å². The van der Waals surface area contributed by atoms with E-state index in [1.807, 2.05) is 24.4 Å². The minimum atomic E-state index is -1.34. The summed E-state index contributed by atoms with van der Waals surface area (Å²) in [7, 11) is -1.34. The van der Waals surface area contributed by atoms with Gasteiger partial charge < -0.3 is 4.43 Å². The summed E-state index contributed by atoms with van der Waals surface area (Å²) in [5.41, 5.74) is 1.11. The number of aromatic nitrogens is 1. The molecule has 1 aromatic heterocycles. The molecule has 0 saturated carbocycles. The Hall–Kier alpha value is -0.673. The second kappa shape index (κ2) is 4.53. The van der Waals surface area contributed by atoms with Crippen molar-refractivity contribution < 1.29 is 4.43 Å². The molecule has 0 spiro atoms. The van der Waals surface area contributed by atoms with Crippen LogP contribution in [-0.4, -0.2) is 19.9 Å². The van der Waals surface area contributed by atoms with E-state index in [1.54, 1.807) is 0 Å². The minimum absolute atomic E-state index is 0.798. The molecule has 13 heavy (non-hydrogen) atoms. The third-order valence-corrected chi connectivity index (χ3v) is 2.69. The lowest BCUT2D eigenvalue weighted by atomic mass is 10.3. The molecule has 1 rings (SSSR count). The summed E-state index contributed by atoms with van der Waals surface area (Å²) in [6, 6.07) is 5.98. The van der Waals surface area contributed by atoms with Gasteiger partial charge in [-0.25, -0.2) is 0 Å². The van der Waals surface area contributed by atoms with Gasteiger partial charge in [-0.15, -0.1) is 0 Å². The van der Waals surface area contributed by atoms with Gasteiger partial charge in [-0.1, -0.05) is 6.07 Å². The molecule has 3 heteroatoms. The Labute approximate surface area is 81.1 Å². The molecule has 0 aliphatic heterocycles. The summed E-state index contributed by atoms with van der Waals surface area (Å²) in [4.78, 5) is 4.23. The van der Waals surface area contributed by atoms with Gasteiger partial charge in [0.05, 0.1) is 0 Å². The molecule has 0 radical (unpaired) electrons. The topological polar surface area (TPSA) is 22.1 Å². The first-order valence-corrected chi connectivity index (χ1v) is 8.03. The highest BCUT2D eigenvalue weighted by atomic mass is 28.4. The number of hydrogen-bond donors (Lipinski definition) is 0. The van der Waals surface area contributed by atoms with E-state index in [0.29, 0.717) is 0 Å². The monoisotopic (exact) mass is 195 g/mol. The van der Waals surface area contributed by atoms with E-state index in [4.69, 9.17) is 4.43 Å². The number of pyridine rings is 1. The fraction of sp³-hybridized carbons (Fsp3) is 0.500.